The molecule has 8 heteroatoms. The maximum absolute atomic E-state index is 13.0. The van der Waals surface area contributed by atoms with Gasteiger partial charge in [0.05, 0.1) is 0 Å². The molecule has 0 bridgehead atoms. The molecule has 0 spiro atoms. The van der Waals surface area contributed by atoms with E-state index in [4.69, 9.17) is 0 Å². The van der Waals surface area contributed by atoms with Crippen molar-refractivity contribution in [2.75, 3.05) is 6.54 Å². The lowest BCUT2D eigenvalue weighted by Crippen LogP contribution is -2.25. The number of amides is 1. The minimum absolute atomic E-state index is 0.194. The Balaban J connectivity index is 1.84. The van der Waals surface area contributed by atoms with E-state index in [2.05, 4.69) is 10.4 Å². The molecule has 23 heavy (non-hydrogen) atoms. The second-order valence-corrected chi connectivity index (χ2v) is 5.01. The van der Waals surface area contributed by atoms with Crippen LogP contribution in [0.25, 0.3) is 0 Å². The zero-order valence-corrected chi connectivity index (χ0v) is 12.3. The van der Waals surface area contributed by atoms with Gasteiger partial charge in [-0.1, -0.05) is 6.07 Å². The van der Waals surface area contributed by atoms with Crippen LogP contribution in [0.2, 0.25) is 0 Å². The largest absolute Gasteiger partial charge is 0.435 e. The van der Waals surface area contributed by atoms with Crippen molar-refractivity contribution in [1.82, 2.24) is 15.1 Å². The Hall–Kier alpha value is -2.38. The molecule has 0 unspecified atom stereocenters. The molecule has 0 aliphatic heterocycles. The smallest absolute Gasteiger partial charge is 0.352 e. The highest BCUT2D eigenvalue weighted by atomic mass is 19.4. The van der Waals surface area contributed by atoms with Gasteiger partial charge in [0, 0.05) is 24.3 Å². The number of nitrogens with one attached hydrogen (secondary N) is 1. The lowest BCUT2D eigenvalue weighted by molar-refractivity contribution is -0.141. The van der Waals surface area contributed by atoms with Crippen LogP contribution < -0.4 is 5.32 Å². The van der Waals surface area contributed by atoms with E-state index in [9.17, 15) is 22.4 Å². The van der Waals surface area contributed by atoms with Crippen molar-refractivity contribution >= 4 is 5.91 Å². The molecule has 2 aromatic rings. The van der Waals surface area contributed by atoms with Crippen LogP contribution in [0.4, 0.5) is 17.6 Å². The second-order valence-electron chi connectivity index (χ2n) is 5.01. The molecule has 124 valence electrons. The number of benzene rings is 1. The summed E-state index contributed by atoms with van der Waals surface area (Å²) in [5.74, 6) is -0.942. The van der Waals surface area contributed by atoms with Gasteiger partial charge < -0.3 is 5.32 Å². The van der Waals surface area contributed by atoms with E-state index < -0.39 is 23.6 Å². The molecule has 1 N–H and O–H groups in total. The lowest BCUT2D eigenvalue weighted by Gasteiger charge is -2.07. The van der Waals surface area contributed by atoms with Crippen molar-refractivity contribution in [3.63, 3.8) is 0 Å². The minimum Gasteiger partial charge on any atom is -0.352 e. The Kier molecular flexibility index (Phi) is 5.02. The van der Waals surface area contributed by atoms with E-state index in [0.29, 0.717) is 12.1 Å². The molecule has 0 saturated heterocycles. The minimum atomic E-state index is -4.47. The first-order valence-corrected chi connectivity index (χ1v) is 6.93. The Bertz CT molecular complexity index is 694. The number of hydrogen-bond acceptors (Lipinski definition) is 2. The van der Waals surface area contributed by atoms with E-state index >= 15 is 0 Å². The first kappa shape index (κ1) is 17.0. The van der Waals surface area contributed by atoms with Crippen molar-refractivity contribution in [3.05, 3.63) is 53.1 Å². The summed E-state index contributed by atoms with van der Waals surface area (Å²) in [5, 5.41) is 6.08. The van der Waals surface area contributed by atoms with Gasteiger partial charge in [-0.25, -0.2) is 4.39 Å². The number of carbonyl (C=O) groups is 1. The molecule has 1 heterocycles. The van der Waals surface area contributed by atoms with Gasteiger partial charge in [0.25, 0.3) is 5.91 Å². The number of aromatic nitrogens is 2. The summed E-state index contributed by atoms with van der Waals surface area (Å²) in [7, 11) is 0. The highest BCUT2D eigenvalue weighted by Gasteiger charge is 2.34. The van der Waals surface area contributed by atoms with Crippen LogP contribution in [0.15, 0.2) is 30.3 Å². The molecule has 4 nitrogen and oxygen atoms in total. The van der Waals surface area contributed by atoms with Crippen molar-refractivity contribution < 1.29 is 22.4 Å². The van der Waals surface area contributed by atoms with Gasteiger partial charge in [-0.05, 0) is 37.6 Å². The molecule has 0 saturated carbocycles. The van der Waals surface area contributed by atoms with E-state index in [0.717, 1.165) is 12.1 Å². The van der Waals surface area contributed by atoms with Crippen molar-refractivity contribution in [2.45, 2.75) is 26.1 Å². The molecule has 0 atom stereocenters. The van der Waals surface area contributed by atoms with E-state index in [1.165, 1.54) is 29.8 Å². The number of carbonyl (C=O) groups excluding carboxylic acids is 1. The fraction of sp³-hybridized carbons (Fsp3) is 0.333. The van der Waals surface area contributed by atoms with Gasteiger partial charge in [-0.3, -0.25) is 9.48 Å². The summed E-state index contributed by atoms with van der Waals surface area (Å²) in [4.78, 5) is 11.8. The number of halogens is 4. The lowest BCUT2D eigenvalue weighted by atomic mass is 10.2. The van der Waals surface area contributed by atoms with Crippen LogP contribution in [0, 0.1) is 12.7 Å². The van der Waals surface area contributed by atoms with Crippen LogP contribution in [-0.2, 0) is 12.7 Å². The third kappa shape index (κ3) is 4.54. The molecule has 0 fully saturated rings. The van der Waals surface area contributed by atoms with Gasteiger partial charge in [-0.15, -0.1) is 0 Å². The number of nitrogens with zero attached hydrogens (tertiary/aromatic N) is 2. The maximum atomic E-state index is 13.0. The molecular formula is C15H15F4N3O. The molecule has 2 rings (SSSR count). The second kappa shape index (κ2) is 6.80. The van der Waals surface area contributed by atoms with Crippen LogP contribution in [0.1, 0.15) is 28.2 Å². The predicted octanol–water partition coefficient (Wildman–Crippen LogP) is 3.17. The van der Waals surface area contributed by atoms with Gasteiger partial charge in [0.2, 0.25) is 0 Å². The Labute approximate surface area is 130 Å². The van der Waals surface area contributed by atoms with Crippen LogP contribution in [0.5, 0.6) is 0 Å². The Morgan fingerprint density at radius 3 is 2.65 bits per heavy atom. The van der Waals surface area contributed by atoms with Crippen molar-refractivity contribution in [3.8, 4) is 0 Å². The van der Waals surface area contributed by atoms with Gasteiger partial charge in [0.15, 0.2) is 5.69 Å². The summed E-state index contributed by atoms with van der Waals surface area (Å²) in [5.41, 5.74) is -0.341. The standard InChI is InChI=1S/C15H15F4N3O/c1-10-8-13(15(17,18)19)21-22(10)7-3-6-20-14(23)11-4-2-5-12(16)9-11/h2,4-5,8-9H,3,6-7H2,1H3,(H,20,23). The summed E-state index contributed by atoms with van der Waals surface area (Å²) >= 11 is 0. The molecule has 1 aromatic heterocycles. The average molecular weight is 329 g/mol. The topological polar surface area (TPSA) is 46.9 Å². The SMILES string of the molecule is Cc1cc(C(F)(F)F)nn1CCCNC(=O)c1cccc(F)c1. The van der Waals surface area contributed by atoms with Crippen LogP contribution in [0.3, 0.4) is 0 Å². The number of alkyl halides is 3. The number of hydrogen-bond donors (Lipinski definition) is 1. The summed E-state index contributed by atoms with van der Waals surface area (Å²) < 4.78 is 51.8. The third-order valence-electron chi connectivity index (χ3n) is 3.19. The number of aryl methyl sites for hydroxylation is 2. The third-order valence-corrected chi connectivity index (χ3v) is 3.19. The molecule has 0 aliphatic carbocycles. The predicted molar refractivity (Wildman–Crippen MR) is 75.3 cm³/mol. The van der Waals surface area contributed by atoms with Crippen LogP contribution in [-0.4, -0.2) is 22.2 Å². The first-order valence-electron chi connectivity index (χ1n) is 6.93. The normalized spacial score (nSPS) is 11.5. The van der Waals surface area contributed by atoms with Gasteiger partial charge >= 0.3 is 6.18 Å². The van der Waals surface area contributed by atoms with E-state index in [1.54, 1.807) is 0 Å². The fourth-order valence-electron chi connectivity index (χ4n) is 2.04. The average Bonchev–Trinajstić information content (AvgIpc) is 2.85. The zero-order valence-electron chi connectivity index (χ0n) is 12.3. The van der Waals surface area contributed by atoms with E-state index in [-0.39, 0.29) is 18.7 Å². The quantitative estimate of drug-likeness (QED) is 0.676. The maximum Gasteiger partial charge on any atom is 0.435 e. The Morgan fingerprint density at radius 1 is 1.30 bits per heavy atom. The summed E-state index contributed by atoms with van der Waals surface area (Å²) in [6.45, 7) is 2.02. The molecule has 1 aromatic carbocycles. The molecule has 0 aliphatic rings. The van der Waals surface area contributed by atoms with Gasteiger partial charge in [-0.2, -0.15) is 18.3 Å². The summed E-state index contributed by atoms with van der Waals surface area (Å²) in [6.07, 6.45) is -4.07. The van der Waals surface area contributed by atoms with Gasteiger partial charge in [0.1, 0.15) is 5.82 Å². The molecule has 0 radical (unpaired) electrons. The highest BCUT2D eigenvalue weighted by Crippen LogP contribution is 2.28. The molecule has 1 amide bonds. The summed E-state index contributed by atoms with van der Waals surface area (Å²) in [6, 6.07) is 6.23. The monoisotopic (exact) mass is 329 g/mol. The molecular weight excluding hydrogens is 314 g/mol. The van der Waals surface area contributed by atoms with Crippen LogP contribution >= 0.6 is 0 Å². The highest BCUT2D eigenvalue weighted by molar-refractivity contribution is 5.94. The first-order chi connectivity index (χ1) is 10.8. The van der Waals surface area contributed by atoms with E-state index in [1.807, 2.05) is 0 Å². The van der Waals surface area contributed by atoms with Crippen molar-refractivity contribution in [1.29, 1.82) is 0 Å². The zero-order chi connectivity index (χ0) is 17.0. The fourth-order valence-corrected chi connectivity index (χ4v) is 2.04. The Morgan fingerprint density at radius 2 is 2.04 bits per heavy atom. The van der Waals surface area contributed by atoms with Crippen molar-refractivity contribution in [2.24, 2.45) is 0 Å². The number of rotatable bonds is 5.